The van der Waals surface area contributed by atoms with Crippen molar-refractivity contribution in [3.8, 4) is 0 Å². The molecule has 0 bridgehead atoms. The quantitative estimate of drug-likeness (QED) is 0.589. The van der Waals surface area contributed by atoms with E-state index < -0.39 is 0 Å². The Kier molecular flexibility index (Phi) is 5.61. The molecule has 140 valence electrons. The zero-order valence-corrected chi connectivity index (χ0v) is 16.2. The predicted molar refractivity (Wildman–Crippen MR) is 106 cm³/mol. The number of nitrogens with zero attached hydrogens (tertiary/aromatic N) is 4. The lowest BCUT2D eigenvalue weighted by molar-refractivity contribution is 0.298. The summed E-state index contributed by atoms with van der Waals surface area (Å²) >= 11 is 0. The van der Waals surface area contributed by atoms with Gasteiger partial charge in [0.05, 0.1) is 12.2 Å². The average Bonchev–Trinajstić information content (AvgIpc) is 3.32. The molecule has 3 rings (SSSR count). The Hall–Kier alpha value is -2.34. The predicted octanol–water partition coefficient (Wildman–Crippen LogP) is 1.92. The fourth-order valence-electron chi connectivity index (χ4n) is 3.39. The molecule has 2 N–H and O–H groups in total. The molecule has 1 aromatic carbocycles. The molecule has 0 radical (unpaired) electrons. The Bertz CT molecular complexity index is 730. The van der Waals surface area contributed by atoms with Gasteiger partial charge in [-0.05, 0) is 32.5 Å². The summed E-state index contributed by atoms with van der Waals surface area (Å²) in [6.07, 6.45) is 6.46. The van der Waals surface area contributed by atoms with Crippen LogP contribution in [0.25, 0.3) is 0 Å². The first-order valence-corrected chi connectivity index (χ1v) is 9.19. The largest absolute Gasteiger partial charge is 0.356 e. The lowest BCUT2D eigenvalue weighted by atomic mass is 9.96. The highest BCUT2D eigenvalue weighted by Crippen LogP contribution is 2.47. The molecule has 1 fully saturated rings. The molecule has 0 amide bonds. The molecule has 6 heteroatoms. The van der Waals surface area contributed by atoms with Crippen LogP contribution in [-0.2, 0) is 12.5 Å². The fraction of sp³-hybridized carbons (Fsp3) is 0.500. The summed E-state index contributed by atoms with van der Waals surface area (Å²) in [5, 5.41) is 11.3. The first-order chi connectivity index (χ1) is 12.5. The van der Waals surface area contributed by atoms with Crippen LogP contribution in [0, 0.1) is 0 Å². The summed E-state index contributed by atoms with van der Waals surface area (Å²) in [6, 6.07) is 11.0. The Labute approximate surface area is 156 Å². The van der Waals surface area contributed by atoms with E-state index in [1.807, 2.05) is 25.0 Å². The summed E-state index contributed by atoms with van der Waals surface area (Å²) in [5.74, 6) is 0.850. The van der Waals surface area contributed by atoms with Crippen molar-refractivity contribution in [3.63, 3.8) is 0 Å². The molecule has 1 saturated carbocycles. The summed E-state index contributed by atoms with van der Waals surface area (Å²) < 4.78 is 1.84. The number of likely N-dealkylation sites (N-methyl/N-ethyl adjacent to an activating group) is 1. The van der Waals surface area contributed by atoms with E-state index in [0.717, 1.165) is 19.0 Å². The van der Waals surface area contributed by atoms with Gasteiger partial charge in [-0.25, -0.2) is 0 Å². The normalized spacial score (nSPS) is 17.2. The Morgan fingerprint density at radius 1 is 1.27 bits per heavy atom. The van der Waals surface area contributed by atoms with E-state index in [9.17, 15) is 0 Å². The molecule has 1 unspecified atom stereocenters. The lowest BCUT2D eigenvalue weighted by Crippen LogP contribution is -2.44. The van der Waals surface area contributed by atoms with Gasteiger partial charge in [0.1, 0.15) is 0 Å². The highest BCUT2D eigenvalue weighted by molar-refractivity contribution is 5.79. The number of aryl methyl sites for hydroxylation is 1. The van der Waals surface area contributed by atoms with Crippen molar-refractivity contribution in [2.75, 3.05) is 34.2 Å². The zero-order chi connectivity index (χ0) is 18.6. The maximum absolute atomic E-state index is 4.40. The van der Waals surface area contributed by atoms with E-state index in [1.165, 1.54) is 24.0 Å². The number of rotatable bonds is 7. The molecule has 2 aromatic rings. The van der Waals surface area contributed by atoms with Gasteiger partial charge in [0.15, 0.2) is 5.96 Å². The maximum atomic E-state index is 4.40. The molecule has 0 spiro atoms. The third kappa shape index (κ3) is 4.25. The van der Waals surface area contributed by atoms with Crippen molar-refractivity contribution in [2.24, 2.45) is 12.0 Å². The molecule has 1 aliphatic rings. The van der Waals surface area contributed by atoms with Crippen molar-refractivity contribution in [1.29, 1.82) is 0 Å². The molecular weight excluding hydrogens is 324 g/mol. The first kappa shape index (κ1) is 18.5. The standard InChI is InChI=1S/C20H30N6/c1-21-19(22-13-18(25(2)3)16-12-24-26(4)14-16)23-15-20(10-11-20)17-8-6-5-7-9-17/h5-9,12,14,18H,10-11,13,15H2,1-4H3,(H2,21,22,23). The van der Waals surface area contributed by atoms with Gasteiger partial charge < -0.3 is 15.5 Å². The number of guanidine groups is 1. The topological polar surface area (TPSA) is 57.5 Å². The fourth-order valence-corrected chi connectivity index (χ4v) is 3.39. The van der Waals surface area contributed by atoms with Gasteiger partial charge in [-0.2, -0.15) is 5.10 Å². The van der Waals surface area contributed by atoms with E-state index in [0.29, 0.717) is 0 Å². The van der Waals surface area contributed by atoms with E-state index in [4.69, 9.17) is 0 Å². The van der Waals surface area contributed by atoms with Gasteiger partial charge >= 0.3 is 0 Å². The third-order valence-corrected chi connectivity index (χ3v) is 5.25. The van der Waals surface area contributed by atoms with Crippen LogP contribution in [0.5, 0.6) is 0 Å². The summed E-state index contributed by atoms with van der Waals surface area (Å²) in [4.78, 5) is 6.60. The second-order valence-corrected chi connectivity index (χ2v) is 7.38. The molecular formula is C20H30N6. The second-order valence-electron chi connectivity index (χ2n) is 7.38. The van der Waals surface area contributed by atoms with Crippen LogP contribution in [0.3, 0.4) is 0 Å². The molecule has 0 aliphatic heterocycles. The van der Waals surface area contributed by atoms with Gasteiger partial charge in [0.2, 0.25) is 0 Å². The van der Waals surface area contributed by atoms with Crippen molar-refractivity contribution in [3.05, 3.63) is 53.9 Å². The third-order valence-electron chi connectivity index (χ3n) is 5.25. The average molecular weight is 355 g/mol. The summed E-state index contributed by atoms with van der Waals surface area (Å²) in [5.41, 5.74) is 2.89. The van der Waals surface area contributed by atoms with Gasteiger partial charge in [-0.1, -0.05) is 30.3 Å². The number of hydrogen-bond donors (Lipinski definition) is 2. The minimum atomic E-state index is 0.242. The van der Waals surface area contributed by atoms with E-state index in [1.54, 1.807) is 0 Å². The Balaban J connectivity index is 1.56. The molecule has 1 aromatic heterocycles. The van der Waals surface area contributed by atoms with Crippen LogP contribution in [0.2, 0.25) is 0 Å². The minimum Gasteiger partial charge on any atom is -0.356 e. The summed E-state index contributed by atoms with van der Waals surface area (Å²) in [6.45, 7) is 1.69. The van der Waals surface area contributed by atoms with Crippen LogP contribution in [0.1, 0.15) is 30.0 Å². The highest BCUT2D eigenvalue weighted by atomic mass is 15.3. The van der Waals surface area contributed by atoms with Crippen LogP contribution < -0.4 is 10.6 Å². The molecule has 1 aliphatic carbocycles. The van der Waals surface area contributed by atoms with Crippen LogP contribution >= 0.6 is 0 Å². The van der Waals surface area contributed by atoms with Crippen molar-refractivity contribution < 1.29 is 0 Å². The smallest absolute Gasteiger partial charge is 0.191 e. The van der Waals surface area contributed by atoms with E-state index in [-0.39, 0.29) is 11.5 Å². The van der Waals surface area contributed by atoms with Gasteiger partial charge in [-0.15, -0.1) is 0 Å². The van der Waals surface area contributed by atoms with Gasteiger partial charge in [-0.3, -0.25) is 9.67 Å². The van der Waals surface area contributed by atoms with Crippen molar-refractivity contribution in [2.45, 2.75) is 24.3 Å². The molecule has 26 heavy (non-hydrogen) atoms. The maximum Gasteiger partial charge on any atom is 0.191 e. The zero-order valence-electron chi connectivity index (χ0n) is 16.2. The monoisotopic (exact) mass is 354 g/mol. The number of aliphatic imine (C=N–C) groups is 1. The Morgan fingerprint density at radius 3 is 2.54 bits per heavy atom. The minimum absolute atomic E-state index is 0.242. The lowest BCUT2D eigenvalue weighted by Gasteiger charge is -2.25. The molecule has 0 saturated heterocycles. The van der Waals surface area contributed by atoms with Crippen LogP contribution in [0.15, 0.2) is 47.7 Å². The summed E-state index contributed by atoms with van der Waals surface area (Å²) in [7, 11) is 7.95. The molecule has 1 atom stereocenters. The molecule has 6 nitrogen and oxygen atoms in total. The Morgan fingerprint density at radius 2 is 2.00 bits per heavy atom. The number of hydrogen-bond acceptors (Lipinski definition) is 3. The van der Waals surface area contributed by atoms with E-state index in [2.05, 4.69) is 76.2 Å². The number of benzene rings is 1. The van der Waals surface area contributed by atoms with Gasteiger partial charge in [0.25, 0.3) is 0 Å². The van der Waals surface area contributed by atoms with E-state index >= 15 is 0 Å². The number of aromatic nitrogens is 2. The number of nitrogens with one attached hydrogen (secondary N) is 2. The first-order valence-electron chi connectivity index (χ1n) is 9.19. The van der Waals surface area contributed by atoms with Crippen LogP contribution in [-0.4, -0.2) is 54.9 Å². The van der Waals surface area contributed by atoms with Crippen molar-refractivity contribution in [1.82, 2.24) is 25.3 Å². The highest BCUT2D eigenvalue weighted by Gasteiger charge is 2.44. The van der Waals surface area contributed by atoms with Crippen LogP contribution in [0.4, 0.5) is 0 Å². The van der Waals surface area contributed by atoms with Crippen molar-refractivity contribution >= 4 is 5.96 Å². The molecule has 1 heterocycles. The SMILES string of the molecule is CN=C(NCC(c1cnn(C)c1)N(C)C)NCC1(c2ccccc2)CC1. The second kappa shape index (κ2) is 7.91. The van der Waals surface area contributed by atoms with Gasteiger partial charge in [0, 0.05) is 44.4 Å².